The lowest BCUT2D eigenvalue weighted by molar-refractivity contribution is -0.133. The van der Waals surface area contributed by atoms with Crippen molar-refractivity contribution in [1.29, 1.82) is 0 Å². The number of nitrogens with one attached hydrogen (secondary N) is 1. The molecule has 0 saturated carbocycles. The fraction of sp³-hybridized carbons (Fsp3) is 0.588. The topological polar surface area (TPSA) is 32.3 Å². The van der Waals surface area contributed by atoms with Crippen LogP contribution in [0.25, 0.3) is 0 Å². The number of rotatable bonds is 7. The largest absolute Gasteiger partial charge is 0.340 e. The number of nitrogens with zero attached hydrogens (tertiary/aromatic N) is 1. The predicted octanol–water partition coefficient (Wildman–Crippen LogP) is 3.92. The Balaban J connectivity index is 1.84. The van der Waals surface area contributed by atoms with E-state index in [4.69, 9.17) is 0 Å². The molecule has 5 heteroatoms. The van der Waals surface area contributed by atoms with E-state index in [1.165, 1.54) is 4.90 Å². The number of benzene rings is 1. The third kappa shape index (κ3) is 5.28. The van der Waals surface area contributed by atoms with Gasteiger partial charge in [0.05, 0.1) is 0 Å². The SMILES string of the molecule is CCCN(C(=O)CCSc1ccccc1Br)C1CCNCC1. The fourth-order valence-corrected chi connectivity index (χ4v) is 4.33. The van der Waals surface area contributed by atoms with E-state index in [1.807, 2.05) is 18.2 Å². The molecule has 1 fully saturated rings. The van der Waals surface area contributed by atoms with E-state index < -0.39 is 0 Å². The average Bonchev–Trinajstić information content (AvgIpc) is 2.55. The number of carbonyl (C=O) groups excluding carboxylic acids is 1. The highest BCUT2D eigenvalue weighted by atomic mass is 79.9. The molecule has 1 aromatic rings. The Hall–Kier alpha value is -0.520. The first-order valence-electron chi connectivity index (χ1n) is 8.10. The van der Waals surface area contributed by atoms with Crippen LogP contribution < -0.4 is 5.32 Å². The molecule has 1 aliphatic heterocycles. The summed E-state index contributed by atoms with van der Waals surface area (Å²) in [7, 11) is 0. The molecule has 1 N–H and O–H groups in total. The summed E-state index contributed by atoms with van der Waals surface area (Å²) >= 11 is 5.31. The van der Waals surface area contributed by atoms with Crippen LogP contribution in [0.2, 0.25) is 0 Å². The monoisotopic (exact) mass is 384 g/mol. The van der Waals surface area contributed by atoms with Gasteiger partial charge in [-0.25, -0.2) is 0 Å². The van der Waals surface area contributed by atoms with E-state index in [-0.39, 0.29) is 0 Å². The van der Waals surface area contributed by atoms with E-state index >= 15 is 0 Å². The molecule has 0 radical (unpaired) electrons. The normalized spacial score (nSPS) is 15.7. The third-order valence-electron chi connectivity index (χ3n) is 3.94. The summed E-state index contributed by atoms with van der Waals surface area (Å²) in [5, 5.41) is 3.37. The van der Waals surface area contributed by atoms with Gasteiger partial charge in [-0.15, -0.1) is 11.8 Å². The maximum atomic E-state index is 12.6. The van der Waals surface area contributed by atoms with Crippen molar-refractivity contribution in [2.45, 2.75) is 43.5 Å². The van der Waals surface area contributed by atoms with Gasteiger partial charge in [0.1, 0.15) is 0 Å². The van der Waals surface area contributed by atoms with Crippen molar-refractivity contribution in [2.75, 3.05) is 25.4 Å². The number of hydrogen-bond acceptors (Lipinski definition) is 3. The summed E-state index contributed by atoms with van der Waals surface area (Å²) in [6.07, 6.45) is 3.83. The van der Waals surface area contributed by atoms with Gasteiger partial charge in [-0.1, -0.05) is 19.1 Å². The second-order valence-corrected chi connectivity index (χ2v) is 7.59. The van der Waals surface area contributed by atoms with Gasteiger partial charge >= 0.3 is 0 Å². The Morgan fingerprint density at radius 2 is 2.09 bits per heavy atom. The molecule has 122 valence electrons. The summed E-state index contributed by atoms with van der Waals surface area (Å²) < 4.78 is 1.11. The van der Waals surface area contributed by atoms with E-state index in [0.717, 1.165) is 49.1 Å². The first-order valence-corrected chi connectivity index (χ1v) is 9.87. The first-order chi connectivity index (χ1) is 10.7. The maximum Gasteiger partial charge on any atom is 0.223 e. The van der Waals surface area contributed by atoms with Crippen LogP contribution in [0.5, 0.6) is 0 Å². The number of piperidine rings is 1. The average molecular weight is 385 g/mol. The van der Waals surface area contributed by atoms with E-state index in [9.17, 15) is 4.79 Å². The molecule has 1 aromatic carbocycles. The lowest BCUT2D eigenvalue weighted by atomic mass is 10.0. The van der Waals surface area contributed by atoms with Gasteiger partial charge in [-0.05, 0) is 60.4 Å². The quantitative estimate of drug-likeness (QED) is 0.722. The van der Waals surface area contributed by atoms with Crippen LogP contribution in [0.3, 0.4) is 0 Å². The highest BCUT2D eigenvalue weighted by Gasteiger charge is 2.24. The zero-order valence-electron chi connectivity index (χ0n) is 13.2. The first kappa shape index (κ1) is 17.8. The number of thioether (sulfide) groups is 1. The summed E-state index contributed by atoms with van der Waals surface area (Å²) in [6, 6.07) is 8.62. The molecule has 22 heavy (non-hydrogen) atoms. The van der Waals surface area contributed by atoms with Gasteiger partial charge in [-0.3, -0.25) is 4.79 Å². The predicted molar refractivity (Wildman–Crippen MR) is 97.4 cm³/mol. The van der Waals surface area contributed by atoms with Gasteiger partial charge < -0.3 is 10.2 Å². The van der Waals surface area contributed by atoms with Crippen molar-refractivity contribution in [3.05, 3.63) is 28.7 Å². The minimum Gasteiger partial charge on any atom is -0.340 e. The Morgan fingerprint density at radius 3 is 2.77 bits per heavy atom. The number of amides is 1. The maximum absolute atomic E-state index is 12.6. The highest BCUT2D eigenvalue weighted by molar-refractivity contribution is 9.10. The number of carbonyl (C=O) groups is 1. The zero-order chi connectivity index (χ0) is 15.8. The summed E-state index contributed by atoms with van der Waals surface area (Å²) in [6.45, 7) is 5.11. The molecular formula is C17H25BrN2OS. The van der Waals surface area contributed by atoms with Crippen LogP contribution >= 0.6 is 27.7 Å². The minimum atomic E-state index is 0.313. The van der Waals surface area contributed by atoms with Crippen molar-refractivity contribution in [3.63, 3.8) is 0 Å². The molecular weight excluding hydrogens is 360 g/mol. The lowest BCUT2D eigenvalue weighted by Crippen LogP contribution is -2.46. The fourth-order valence-electron chi connectivity index (χ4n) is 2.82. The molecule has 0 unspecified atom stereocenters. The molecule has 0 spiro atoms. The Bertz CT molecular complexity index is 477. The standard InChI is InChI=1S/C17H25BrN2OS/c1-2-12-20(14-7-10-19-11-8-14)17(21)9-13-22-16-6-4-3-5-15(16)18/h3-6,14,19H,2,7-13H2,1H3. The second-order valence-electron chi connectivity index (χ2n) is 5.60. The Kier molecular flexibility index (Phi) is 7.76. The van der Waals surface area contributed by atoms with Crippen LogP contribution in [0.4, 0.5) is 0 Å². The Morgan fingerprint density at radius 1 is 1.36 bits per heavy atom. The van der Waals surface area contributed by atoms with Gasteiger partial charge in [0.15, 0.2) is 0 Å². The van der Waals surface area contributed by atoms with Crippen LogP contribution in [-0.4, -0.2) is 42.2 Å². The number of halogens is 1. The van der Waals surface area contributed by atoms with Crippen LogP contribution in [0.1, 0.15) is 32.6 Å². The van der Waals surface area contributed by atoms with E-state index in [1.54, 1.807) is 11.8 Å². The lowest BCUT2D eigenvalue weighted by Gasteiger charge is -2.34. The molecule has 1 saturated heterocycles. The van der Waals surface area contributed by atoms with Crippen molar-refractivity contribution in [1.82, 2.24) is 10.2 Å². The van der Waals surface area contributed by atoms with Gasteiger partial charge in [-0.2, -0.15) is 0 Å². The van der Waals surface area contributed by atoms with Gasteiger partial charge in [0.25, 0.3) is 0 Å². The minimum absolute atomic E-state index is 0.313. The molecule has 1 heterocycles. The molecule has 2 rings (SSSR count). The number of hydrogen-bond donors (Lipinski definition) is 1. The summed E-state index contributed by atoms with van der Waals surface area (Å²) in [5.74, 6) is 1.15. The van der Waals surface area contributed by atoms with Gasteiger partial charge in [0.2, 0.25) is 5.91 Å². The van der Waals surface area contributed by atoms with Crippen molar-refractivity contribution < 1.29 is 4.79 Å². The van der Waals surface area contributed by atoms with Crippen molar-refractivity contribution >= 4 is 33.6 Å². The van der Waals surface area contributed by atoms with Gasteiger partial charge in [0, 0.05) is 34.1 Å². The van der Waals surface area contributed by atoms with Crippen molar-refractivity contribution in [2.24, 2.45) is 0 Å². The van der Waals surface area contributed by atoms with Crippen LogP contribution in [0, 0.1) is 0 Å². The summed E-state index contributed by atoms with van der Waals surface area (Å²) in [4.78, 5) is 15.9. The van der Waals surface area contributed by atoms with E-state index in [2.05, 4.69) is 39.1 Å². The molecule has 3 nitrogen and oxygen atoms in total. The van der Waals surface area contributed by atoms with Crippen molar-refractivity contribution in [3.8, 4) is 0 Å². The Labute approximate surface area is 146 Å². The highest BCUT2D eigenvalue weighted by Crippen LogP contribution is 2.27. The summed E-state index contributed by atoms with van der Waals surface area (Å²) in [5.41, 5.74) is 0. The molecule has 1 amide bonds. The van der Waals surface area contributed by atoms with E-state index in [0.29, 0.717) is 18.4 Å². The van der Waals surface area contributed by atoms with Crippen LogP contribution in [0.15, 0.2) is 33.6 Å². The zero-order valence-corrected chi connectivity index (χ0v) is 15.6. The van der Waals surface area contributed by atoms with Crippen LogP contribution in [-0.2, 0) is 4.79 Å². The third-order valence-corrected chi connectivity index (χ3v) is 5.97. The second kappa shape index (κ2) is 9.58. The molecule has 0 aliphatic carbocycles. The smallest absolute Gasteiger partial charge is 0.223 e. The molecule has 0 atom stereocenters. The molecule has 0 bridgehead atoms. The molecule has 1 aliphatic rings. The molecule has 0 aromatic heterocycles.